The van der Waals surface area contributed by atoms with Crippen LogP contribution in [-0.2, 0) is 4.79 Å². The first-order valence-electron chi connectivity index (χ1n) is 10.4. The fourth-order valence-corrected chi connectivity index (χ4v) is 5.01. The maximum atomic E-state index is 12.7. The van der Waals surface area contributed by atoms with Crippen LogP contribution in [0.15, 0.2) is 81.9 Å². The smallest absolute Gasteiger partial charge is 0.236 e. The first kappa shape index (κ1) is 23.2. The van der Waals surface area contributed by atoms with Crippen molar-refractivity contribution in [3.63, 3.8) is 0 Å². The molecule has 0 unspecified atom stereocenters. The van der Waals surface area contributed by atoms with E-state index >= 15 is 0 Å². The Hall–Kier alpha value is -3.60. The number of carbonyl (C=O) groups is 1. The average molecular weight is 524 g/mol. The van der Waals surface area contributed by atoms with Gasteiger partial charge < -0.3 is 14.5 Å². The van der Waals surface area contributed by atoms with Crippen LogP contribution in [-0.4, -0.2) is 38.5 Å². The van der Waals surface area contributed by atoms with Crippen molar-refractivity contribution in [2.75, 3.05) is 18.2 Å². The summed E-state index contributed by atoms with van der Waals surface area (Å²) in [5.41, 5.74) is 2.35. The Morgan fingerprint density at radius 2 is 1.97 bits per heavy atom. The molecule has 3 heterocycles. The molecule has 3 aromatic heterocycles. The summed E-state index contributed by atoms with van der Waals surface area (Å²) >= 11 is 8.86. The number of anilines is 1. The Labute approximate surface area is 213 Å². The standard InChI is InChI=1S/C24H18ClN5O3S2/c1-32-16-10-8-15(9-11-16)30-22(20-7-4-12-33-20)28-29-24(30)35-14-21(31)27-23-26-19(13-34-23)17-5-2-3-6-18(17)25/h2-13H,14H2,1H3,(H,26,27,31). The summed E-state index contributed by atoms with van der Waals surface area (Å²) in [6.07, 6.45) is 1.58. The molecule has 35 heavy (non-hydrogen) atoms. The lowest BCUT2D eigenvalue weighted by molar-refractivity contribution is -0.113. The molecule has 0 saturated carbocycles. The molecule has 0 aliphatic carbocycles. The number of benzene rings is 2. The van der Waals surface area contributed by atoms with Gasteiger partial charge in [-0.05, 0) is 42.5 Å². The van der Waals surface area contributed by atoms with Crippen molar-refractivity contribution >= 4 is 45.7 Å². The highest BCUT2D eigenvalue weighted by Crippen LogP contribution is 2.31. The largest absolute Gasteiger partial charge is 0.497 e. The third-order valence-electron chi connectivity index (χ3n) is 4.94. The second-order valence-electron chi connectivity index (χ2n) is 7.17. The minimum Gasteiger partial charge on any atom is -0.497 e. The topological polar surface area (TPSA) is 95.1 Å². The normalized spacial score (nSPS) is 10.9. The minimum absolute atomic E-state index is 0.119. The molecule has 5 aromatic rings. The molecule has 5 rings (SSSR count). The molecule has 0 spiro atoms. The first-order chi connectivity index (χ1) is 17.1. The van der Waals surface area contributed by atoms with E-state index in [1.165, 1.54) is 23.1 Å². The van der Waals surface area contributed by atoms with Crippen LogP contribution in [0.25, 0.3) is 28.5 Å². The van der Waals surface area contributed by atoms with Gasteiger partial charge in [-0.1, -0.05) is 41.6 Å². The van der Waals surface area contributed by atoms with Crippen LogP contribution < -0.4 is 10.1 Å². The van der Waals surface area contributed by atoms with Gasteiger partial charge in [-0.15, -0.1) is 21.5 Å². The molecule has 0 aliphatic rings. The van der Waals surface area contributed by atoms with Crippen LogP contribution in [0, 0.1) is 0 Å². The number of amides is 1. The van der Waals surface area contributed by atoms with Crippen molar-refractivity contribution in [3.05, 3.63) is 77.3 Å². The summed E-state index contributed by atoms with van der Waals surface area (Å²) in [6, 6.07) is 18.5. The summed E-state index contributed by atoms with van der Waals surface area (Å²) in [5, 5.41) is 15.0. The van der Waals surface area contributed by atoms with Crippen molar-refractivity contribution in [3.8, 4) is 34.3 Å². The molecule has 0 saturated heterocycles. The van der Waals surface area contributed by atoms with E-state index in [1.54, 1.807) is 25.5 Å². The van der Waals surface area contributed by atoms with Crippen molar-refractivity contribution in [1.82, 2.24) is 19.7 Å². The van der Waals surface area contributed by atoms with Gasteiger partial charge in [0.05, 0.1) is 30.5 Å². The Bertz CT molecular complexity index is 1450. The predicted octanol–water partition coefficient (Wildman–Crippen LogP) is 6.04. The van der Waals surface area contributed by atoms with E-state index < -0.39 is 0 Å². The van der Waals surface area contributed by atoms with Gasteiger partial charge in [0, 0.05) is 16.0 Å². The van der Waals surface area contributed by atoms with Crippen LogP contribution in [0.5, 0.6) is 5.75 Å². The quantitative estimate of drug-likeness (QED) is 0.247. The van der Waals surface area contributed by atoms with Crippen molar-refractivity contribution in [2.24, 2.45) is 0 Å². The zero-order valence-corrected chi connectivity index (χ0v) is 20.7. The van der Waals surface area contributed by atoms with Gasteiger partial charge in [-0.25, -0.2) is 4.98 Å². The highest BCUT2D eigenvalue weighted by atomic mass is 35.5. The number of hydrogen-bond donors (Lipinski definition) is 1. The summed E-state index contributed by atoms with van der Waals surface area (Å²) in [7, 11) is 1.61. The molecule has 1 amide bonds. The van der Waals surface area contributed by atoms with Crippen molar-refractivity contribution < 1.29 is 13.9 Å². The maximum absolute atomic E-state index is 12.7. The van der Waals surface area contributed by atoms with E-state index in [0.29, 0.717) is 32.6 Å². The number of hydrogen-bond acceptors (Lipinski definition) is 8. The van der Waals surface area contributed by atoms with Crippen LogP contribution >= 0.6 is 34.7 Å². The Balaban J connectivity index is 1.32. The zero-order valence-electron chi connectivity index (χ0n) is 18.3. The van der Waals surface area contributed by atoms with Crippen LogP contribution in [0.3, 0.4) is 0 Å². The maximum Gasteiger partial charge on any atom is 0.236 e. The number of nitrogens with one attached hydrogen (secondary N) is 1. The Morgan fingerprint density at radius 3 is 2.71 bits per heavy atom. The van der Waals surface area contributed by atoms with Gasteiger partial charge in [-0.3, -0.25) is 9.36 Å². The molecule has 176 valence electrons. The highest BCUT2D eigenvalue weighted by molar-refractivity contribution is 7.99. The molecular formula is C24H18ClN5O3S2. The molecule has 0 bridgehead atoms. The number of aromatic nitrogens is 4. The summed E-state index contributed by atoms with van der Waals surface area (Å²) in [5.74, 6) is 1.74. The van der Waals surface area contributed by atoms with E-state index in [2.05, 4.69) is 20.5 Å². The molecule has 0 radical (unpaired) electrons. The molecule has 11 heteroatoms. The van der Waals surface area contributed by atoms with Crippen LogP contribution in [0.1, 0.15) is 0 Å². The van der Waals surface area contributed by atoms with E-state index in [0.717, 1.165) is 17.0 Å². The van der Waals surface area contributed by atoms with E-state index in [-0.39, 0.29) is 11.7 Å². The number of furan rings is 1. The number of carbonyl (C=O) groups excluding carboxylic acids is 1. The molecule has 0 fully saturated rings. The lowest BCUT2D eigenvalue weighted by Gasteiger charge is -2.10. The number of thioether (sulfide) groups is 1. The van der Waals surface area contributed by atoms with E-state index in [4.69, 9.17) is 20.8 Å². The molecule has 0 aliphatic heterocycles. The summed E-state index contributed by atoms with van der Waals surface area (Å²) < 4.78 is 12.6. The molecule has 0 atom stereocenters. The molecule has 8 nitrogen and oxygen atoms in total. The molecular weight excluding hydrogens is 506 g/mol. The van der Waals surface area contributed by atoms with Gasteiger partial charge in [0.15, 0.2) is 16.0 Å². The van der Waals surface area contributed by atoms with Crippen molar-refractivity contribution in [2.45, 2.75) is 5.16 Å². The Kier molecular flexibility index (Phi) is 6.84. The highest BCUT2D eigenvalue weighted by Gasteiger charge is 2.19. The number of nitrogens with zero attached hydrogens (tertiary/aromatic N) is 4. The molecule has 2 aromatic carbocycles. The van der Waals surface area contributed by atoms with Gasteiger partial charge >= 0.3 is 0 Å². The van der Waals surface area contributed by atoms with Gasteiger partial charge in [0.25, 0.3) is 0 Å². The number of methoxy groups -OCH3 is 1. The van der Waals surface area contributed by atoms with Crippen LogP contribution in [0.4, 0.5) is 5.13 Å². The summed E-state index contributed by atoms with van der Waals surface area (Å²) in [6.45, 7) is 0. The SMILES string of the molecule is COc1ccc(-n2c(SCC(=O)Nc3nc(-c4ccccc4Cl)cs3)nnc2-c2ccco2)cc1. The van der Waals surface area contributed by atoms with Crippen molar-refractivity contribution in [1.29, 1.82) is 0 Å². The number of halogens is 1. The number of rotatable bonds is 8. The first-order valence-corrected chi connectivity index (χ1v) is 12.6. The second-order valence-corrected chi connectivity index (χ2v) is 9.38. The fourth-order valence-electron chi connectivity index (χ4n) is 3.30. The predicted molar refractivity (Wildman–Crippen MR) is 138 cm³/mol. The number of thiazole rings is 1. The Morgan fingerprint density at radius 1 is 1.14 bits per heavy atom. The minimum atomic E-state index is -0.209. The average Bonchev–Trinajstić information content (AvgIpc) is 3.64. The number of ether oxygens (including phenoxy) is 1. The third-order valence-corrected chi connectivity index (χ3v) is 6.95. The third kappa shape index (κ3) is 5.09. The van der Waals surface area contributed by atoms with Crippen LogP contribution in [0.2, 0.25) is 5.02 Å². The van der Waals surface area contributed by atoms with Gasteiger partial charge in [-0.2, -0.15) is 0 Å². The van der Waals surface area contributed by atoms with Gasteiger partial charge in [0.2, 0.25) is 11.7 Å². The molecule has 1 N–H and O–H groups in total. The fraction of sp³-hybridized carbons (Fsp3) is 0.0833. The zero-order chi connectivity index (χ0) is 24.2. The van der Waals surface area contributed by atoms with E-state index in [9.17, 15) is 4.79 Å². The lowest BCUT2D eigenvalue weighted by Crippen LogP contribution is -2.14. The summed E-state index contributed by atoms with van der Waals surface area (Å²) in [4.78, 5) is 17.2. The van der Waals surface area contributed by atoms with Gasteiger partial charge in [0.1, 0.15) is 5.75 Å². The second kappa shape index (κ2) is 10.3. The monoisotopic (exact) mass is 523 g/mol. The van der Waals surface area contributed by atoms with E-state index in [1.807, 2.05) is 58.5 Å². The lowest BCUT2D eigenvalue weighted by atomic mass is 10.2.